The highest BCUT2D eigenvalue weighted by Crippen LogP contribution is 2.33. The van der Waals surface area contributed by atoms with E-state index < -0.39 is 0 Å². The van der Waals surface area contributed by atoms with Crippen LogP contribution in [-0.2, 0) is 0 Å². The number of hydrogen-bond donors (Lipinski definition) is 1. The SMILES string of the molecule is CCCCCCCN1CC(CC)(CC)NCC1(CC)CC. The Bertz CT molecular complexity index is 267. The first kappa shape index (κ1) is 19.0. The third kappa shape index (κ3) is 4.69. The van der Waals surface area contributed by atoms with Crippen LogP contribution in [0.4, 0.5) is 0 Å². The molecule has 126 valence electrons. The molecule has 0 spiro atoms. The second-order valence-electron chi connectivity index (χ2n) is 7.11. The molecule has 1 N–H and O–H groups in total. The summed E-state index contributed by atoms with van der Waals surface area (Å²) in [6.07, 6.45) is 12.0. The lowest BCUT2D eigenvalue weighted by molar-refractivity contribution is -0.00582. The Morgan fingerprint density at radius 3 is 1.95 bits per heavy atom. The maximum Gasteiger partial charge on any atom is 0.0329 e. The topological polar surface area (TPSA) is 15.3 Å². The Kier molecular flexibility index (Phi) is 8.26. The average Bonchev–Trinajstić information content (AvgIpc) is 2.54. The zero-order valence-corrected chi connectivity index (χ0v) is 15.4. The zero-order valence-electron chi connectivity index (χ0n) is 15.4. The first-order chi connectivity index (χ1) is 10.1. The summed E-state index contributed by atoms with van der Waals surface area (Å²) in [6, 6.07) is 0. The standard InChI is InChI=1S/C19H40N2/c1-6-11-12-13-14-15-21-17-18(7-2,8-3)20-16-19(21,9-4)10-5/h20H,6-17H2,1-5H3. The molecule has 0 aromatic heterocycles. The Balaban J connectivity index is 2.65. The van der Waals surface area contributed by atoms with Crippen molar-refractivity contribution in [3.05, 3.63) is 0 Å². The monoisotopic (exact) mass is 296 g/mol. The molecule has 0 bridgehead atoms. The van der Waals surface area contributed by atoms with E-state index in [2.05, 4.69) is 44.8 Å². The molecule has 0 aliphatic carbocycles. The van der Waals surface area contributed by atoms with Crippen LogP contribution < -0.4 is 5.32 Å². The molecule has 0 radical (unpaired) electrons. The van der Waals surface area contributed by atoms with Gasteiger partial charge in [-0.15, -0.1) is 0 Å². The van der Waals surface area contributed by atoms with Crippen molar-refractivity contribution in [2.75, 3.05) is 19.6 Å². The van der Waals surface area contributed by atoms with Gasteiger partial charge in [0.25, 0.3) is 0 Å². The number of rotatable bonds is 10. The summed E-state index contributed by atoms with van der Waals surface area (Å²) in [6.45, 7) is 15.5. The first-order valence-corrected chi connectivity index (χ1v) is 9.62. The normalized spacial score (nSPS) is 21.6. The minimum Gasteiger partial charge on any atom is -0.308 e. The van der Waals surface area contributed by atoms with Crippen LogP contribution in [0.25, 0.3) is 0 Å². The smallest absolute Gasteiger partial charge is 0.0329 e. The quantitative estimate of drug-likeness (QED) is 0.572. The highest BCUT2D eigenvalue weighted by atomic mass is 15.3. The second kappa shape index (κ2) is 9.15. The van der Waals surface area contributed by atoms with Crippen molar-refractivity contribution in [1.82, 2.24) is 10.2 Å². The fourth-order valence-electron chi connectivity index (χ4n) is 3.95. The molecule has 0 aromatic carbocycles. The molecule has 1 saturated heterocycles. The summed E-state index contributed by atoms with van der Waals surface area (Å²) < 4.78 is 0. The number of nitrogens with one attached hydrogen (secondary N) is 1. The van der Waals surface area contributed by atoms with E-state index in [1.54, 1.807) is 0 Å². The van der Waals surface area contributed by atoms with Crippen LogP contribution >= 0.6 is 0 Å². The molecule has 1 aliphatic rings. The maximum atomic E-state index is 3.92. The Hall–Kier alpha value is -0.0800. The molecule has 0 aromatic rings. The number of piperazine rings is 1. The fourth-order valence-corrected chi connectivity index (χ4v) is 3.95. The van der Waals surface area contributed by atoms with Gasteiger partial charge < -0.3 is 5.32 Å². The van der Waals surface area contributed by atoms with Crippen molar-refractivity contribution >= 4 is 0 Å². The molecule has 0 atom stereocenters. The van der Waals surface area contributed by atoms with Gasteiger partial charge in [-0.2, -0.15) is 0 Å². The molecule has 21 heavy (non-hydrogen) atoms. The summed E-state index contributed by atoms with van der Waals surface area (Å²) >= 11 is 0. The first-order valence-electron chi connectivity index (χ1n) is 9.62. The van der Waals surface area contributed by atoms with Crippen molar-refractivity contribution < 1.29 is 0 Å². The van der Waals surface area contributed by atoms with Gasteiger partial charge in [-0.1, -0.05) is 60.3 Å². The largest absolute Gasteiger partial charge is 0.308 e. The van der Waals surface area contributed by atoms with E-state index in [1.807, 2.05) is 0 Å². The van der Waals surface area contributed by atoms with Gasteiger partial charge in [0.2, 0.25) is 0 Å². The minimum atomic E-state index is 0.358. The molecular formula is C19H40N2. The third-order valence-electron chi connectivity index (χ3n) is 6.16. The molecule has 1 aliphatic heterocycles. The Labute approximate surface area is 134 Å². The second-order valence-corrected chi connectivity index (χ2v) is 7.11. The van der Waals surface area contributed by atoms with Crippen LogP contribution in [0.3, 0.4) is 0 Å². The molecular weight excluding hydrogens is 256 g/mol. The van der Waals surface area contributed by atoms with E-state index in [0.29, 0.717) is 11.1 Å². The van der Waals surface area contributed by atoms with Gasteiger partial charge in [0.1, 0.15) is 0 Å². The molecule has 1 fully saturated rings. The molecule has 1 heterocycles. The summed E-state index contributed by atoms with van der Waals surface area (Å²) in [5.74, 6) is 0. The van der Waals surface area contributed by atoms with Crippen molar-refractivity contribution in [2.45, 2.75) is 103 Å². The molecule has 0 amide bonds. The summed E-state index contributed by atoms with van der Waals surface area (Å²) in [4.78, 5) is 2.85. The lowest BCUT2D eigenvalue weighted by atomic mass is 9.80. The number of unbranched alkanes of at least 4 members (excludes halogenated alkanes) is 4. The maximum absolute atomic E-state index is 3.92. The van der Waals surface area contributed by atoms with E-state index in [1.165, 1.54) is 77.4 Å². The van der Waals surface area contributed by atoms with E-state index in [-0.39, 0.29) is 0 Å². The van der Waals surface area contributed by atoms with Gasteiger partial charge >= 0.3 is 0 Å². The van der Waals surface area contributed by atoms with Gasteiger partial charge in [0, 0.05) is 24.2 Å². The molecule has 1 rings (SSSR count). The molecule has 0 saturated carbocycles. The van der Waals surface area contributed by atoms with Gasteiger partial charge in [-0.25, -0.2) is 0 Å². The van der Waals surface area contributed by atoms with Crippen molar-refractivity contribution in [3.8, 4) is 0 Å². The summed E-state index contributed by atoms with van der Waals surface area (Å²) in [5, 5.41) is 3.92. The van der Waals surface area contributed by atoms with Crippen molar-refractivity contribution in [2.24, 2.45) is 0 Å². The van der Waals surface area contributed by atoms with Crippen LogP contribution in [0.5, 0.6) is 0 Å². The molecule has 2 heteroatoms. The highest BCUT2D eigenvalue weighted by molar-refractivity contribution is 5.03. The third-order valence-corrected chi connectivity index (χ3v) is 6.16. The van der Waals surface area contributed by atoms with Gasteiger partial charge in [0.05, 0.1) is 0 Å². The van der Waals surface area contributed by atoms with Crippen LogP contribution in [0.1, 0.15) is 92.4 Å². The van der Waals surface area contributed by atoms with Crippen LogP contribution in [0.2, 0.25) is 0 Å². The number of hydrogen-bond acceptors (Lipinski definition) is 2. The predicted octanol–water partition coefficient (Wildman–Crippen LogP) is 4.98. The van der Waals surface area contributed by atoms with Crippen LogP contribution in [0, 0.1) is 0 Å². The van der Waals surface area contributed by atoms with Crippen molar-refractivity contribution in [1.29, 1.82) is 0 Å². The predicted molar refractivity (Wildman–Crippen MR) is 95.0 cm³/mol. The summed E-state index contributed by atoms with van der Waals surface area (Å²) in [5.41, 5.74) is 0.760. The van der Waals surface area contributed by atoms with Crippen LogP contribution in [-0.4, -0.2) is 35.6 Å². The van der Waals surface area contributed by atoms with Crippen LogP contribution in [0.15, 0.2) is 0 Å². The minimum absolute atomic E-state index is 0.358. The lowest BCUT2D eigenvalue weighted by Crippen LogP contribution is -2.69. The van der Waals surface area contributed by atoms with E-state index in [4.69, 9.17) is 0 Å². The summed E-state index contributed by atoms with van der Waals surface area (Å²) in [7, 11) is 0. The van der Waals surface area contributed by atoms with Gasteiger partial charge in [-0.05, 0) is 38.6 Å². The Morgan fingerprint density at radius 2 is 1.43 bits per heavy atom. The van der Waals surface area contributed by atoms with E-state index in [9.17, 15) is 0 Å². The Morgan fingerprint density at radius 1 is 0.810 bits per heavy atom. The zero-order chi connectivity index (χ0) is 15.8. The highest BCUT2D eigenvalue weighted by Gasteiger charge is 2.43. The van der Waals surface area contributed by atoms with E-state index >= 15 is 0 Å². The van der Waals surface area contributed by atoms with Crippen molar-refractivity contribution in [3.63, 3.8) is 0 Å². The lowest BCUT2D eigenvalue weighted by Gasteiger charge is -2.54. The average molecular weight is 297 g/mol. The van der Waals surface area contributed by atoms with Gasteiger partial charge in [-0.3, -0.25) is 4.90 Å². The van der Waals surface area contributed by atoms with E-state index in [0.717, 1.165) is 0 Å². The fraction of sp³-hybridized carbons (Fsp3) is 1.00. The molecule has 0 unspecified atom stereocenters. The molecule has 2 nitrogen and oxygen atoms in total. The van der Waals surface area contributed by atoms with Gasteiger partial charge in [0.15, 0.2) is 0 Å². The number of nitrogens with zero attached hydrogens (tertiary/aromatic N) is 1.